The van der Waals surface area contributed by atoms with E-state index >= 15 is 0 Å². The average molecular weight is 381 g/mol. The van der Waals surface area contributed by atoms with Gasteiger partial charge in [-0.2, -0.15) is 13.2 Å². The number of fused-ring (bicyclic) bond motifs is 1. The molecular weight excluding hydrogens is 369 g/mol. The fourth-order valence-electron chi connectivity index (χ4n) is 2.61. The second kappa shape index (κ2) is 6.84. The molecule has 0 aliphatic rings. The van der Waals surface area contributed by atoms with E-state index in [4.69, 9.17) is 11.6 Å². The highest BCUT2D eigenvalue weighted by molar-refractivity contribution is 6.31. The molecule has 0 fully saturated rings. The maximum atomic E-state index is 12.9. The van der Waals surface area contributed by atoms with Gasteiger partial charge in [0.25, 0.3) is 5.56 Å². The number of aromatic amines is 1. The van der Waals surface area contributed by atoms with Crippen LogP contribution >= 0.6 is 11.6 Å². The van der Waals surface area contributed by atoms with Crippen molar-refractivity contribution in [3.8, 4) is 0 Å². The number of amides is 1. The molecule has 0 saturated heterocycles. The van der Waals surface area contributed by atoms with Crippen molar-refractivity contribution in [2.45, 2.75) is 12.6 Å². The van der Waals surface area contributed by atoms with Gasteiger partial charge in [-0.3, -0.25) is 9.59 Å². The van der Waals surface area contributed by atoms with Crippen molar-refractivity contribution in [1.82, 2.24) is 4.98 Å². The first-order valence-corrected chi connectivity index (χ1v) is 7.89. The second-order valence-corrected chi connectivity index (χ2v) is 6.02. The Balaban J connectivity index is 1.85. The van der Waals surface area contributed by atoms with Crippen molar-refractivity contribution in [2.75, 3.05) is 5.32 Å². The van der Waals surface area contributed by atoms with Crippen molar-refractivity contribution < 1.29 is 18.0 Å². The molecule has 26 heavy (non-hydrogen) atoms. The Bertz CT molecular complexity index is 1040. The molecule has 134 valence electrons. The van der Waals surface area contributed by atoms with Gasteiger partial charge in [-0.25, -0.2) is 0 Å². The van der Waals surface area contributed by atoms with Crippen molar-refractivity contribution in [3.63, 3.8) is 0 Å². The van der Waals surface area contributed by atoms with Crippen LogP contribution in [0.5, 0.6) is 0 Å². The minimum atomic E-state index is -4.60. The van der Waals surface area contributed by atoms with Crippen LogP contribution in [0.15, 0.2) is 53.5 Å². The summed E-state index contributed by atoms with van der Waals surface area (Å²) in [5, 5.41) is 3.14. The van der Waals surface area contributed by atoms with Crippen molar-refractivity contribution in [3.05, 3.63) is 75.2 Å². The number of aromatic nitrogens is 1. The van der Waals surface area contributed by atoms with E-state index in [2.05, 4.69) is 10.3 Å². The first-order chi connectivity index (χ1) is 12.3. The molecule has 0 aliphatic heterocycles. The number of benzene rings is 2. The van der Waals surface area contributed by atoms with E-state index in [1.54, 1.807) is 24.3 Å². The molecule has 0 saturated carbocycles. The third-order valence-corrected chi connectivity index (χ3v) is 4.12. The lowest BCUT2D eigenvalue weighted by atomic mass is 10.1. The molecule has 8 heteroatoms. The largest absolute Gasteiger partial charge is 0.417 e. The molecule has 1 amide bonds. The smallest absolute Gasteiger partial charge is 0.329 e. The fraction of sp³-hybridized carbons (Fsp3) is 0.111. The summed E-state index contributed by atoms with van der Waals surface area (Å²) in [6, 6.07) is 9.81. The van der Waals surface area contributed by atoms with Crippen LogP contribution in [-0.4, -0.2) is 10.9 Å². The number of hydrogen-bond donors (Lipinski definition) is 2. The molecule has 3 rings (SSSR count). The van der Waals surface area contributed by atoms with Crippen LogP contribution in [0.1, 0.15) is 11.1 Å². The fourth-order valence-corrected chi connectivity index (χ4v) is 2.83. The van der Waals surface area contributed by atoms with Crippen LogP contribution in [-0.2, 0) is 17.4 Å². The molecule has 1 heterocycles. The molecule has 3 aromatic rings. The minimum Gasteiger partial charge on any atom is -0.329 e. The van der Waals surface area contributed by atoms with Crippen LogP contribution in [0.2, 0.25) is 5.02 Å². The monoisotopic (exact) mass is 380 g/mol. The topological polar surface area (TPSA) is 62.0 Å². The summed E-state index contributed by atoms with van der Waals surface area (Å²) in [4.78, 5) is 26.6. The number of carbonyl (C=O) groups excluding carboxylic acids is 1. The molecule has 0 unspecified atom stereocenters. The standard InChI is InChI=1S/C18H12ClF3N2O2/c19-14-5-4-10(8-13(14)18(20,21)22)9-16(25)24-15-3-1-2-12-11(15)6-7-23-17(12)26/h1-8H,9H2,(H,23,26)(H,24,25). The van der Waals surface area contributed by atoms with Gasteiger partial charge in [0.2, 0.25) is 5.91 Å². The van der Waals surface area contributed by atoms with Gasteiger partial charge in [0.15, 0.2) is 0 Å². The molecule has 0 bridgehead atoms. The Morgan fingerprint density at radius 3 is 2.62 bits per heavy atom. The van der Waals surface area contributed by atoms with Crippen LogP contribution in [0.25, 0.3) is 10.8 Å². The van der Waals surface area contributed by atoms with E-state index < -0.39 is 22.7 Å². The third kappa shape index (κ3) is 3.72. The maximum absolute atomic E-state index is 12.9. The van der Waals surface area contributed by atoms with E-state index in [9.17, 15) is 22.8 Å². The van der Waals surface area contributed by atoms with Crippen molar-refractivity contribution >= 4 is 34.0 Å². The zero-order valence-electron chi connectivity index (χ0n) is 13.2. The van der Waals surface area contributed by atoms with Crippen molar-refractivity contribution in [2.24, 2.45) is 0 Å². The van der Waals surface area contributed by atoms with Gasteiger partial charge in [-0.15, -0.1) is 0 Å². The highest BCUT2D eigenvalue weighted by Gasteiger charge is 2.33. The third-order valence-electron chi connectivity index (χ3n) is 3.79. The van der Waals surface area contributed by atoms with E-state index in [0.29, 0.717) is 16.5 Å². The Labute approximate surface area is 150 Å². The second-order valence-electron chi connectivity index (χ2n) is 5.61. The lowest BCUT2D eigenvalue weighted by Crippen LogP contribution is -2.16. The lowest BCUT2D eigenvalue weighted by molar-refractivity contribution is -0.137. The number of H-pyrrole nitrogens is 1. The predicted molar refractivity (Wildman–Crippen MR) is 93.4 cm³/mol. The van der Waals surface area contributed by atoms with Gasteiger partial charge in [-0.1, -0.05) is 23.7 Å². The highest BCUT2D eigenvalue weighted by Crippen LogP contribution is 2.35. The molecule has 2 aromatic carbocycles. The predicted octanol–water partition coefficient (Wildman–Crippen LogP) is 4.38. The van der Waals surface area contributed by atoms with Crippen LogP contribution in [0, 0.1) is 0 Å². The number of anilines is 1. The van der Waals surface area contributed by atoms with Crippen LogP contribution in [0.3, 0.4) is 0 Å². The maximum Gasteiger partial charge on any atom is 0.417 e. The zero-order valence-corrected chi connectivity index (χ0v) is 13.9. The number of rotatable bonds is 3. The Morgan fingerprint density at radius 2 is 1.88 bits per heavy atom. The summed E-state index contributed by atoms with van der Waals surface area (Å²) in [6.45, 7) is 0. The molecule has 4 nitrogen and oxygen atoms in total. The van der Waals surface area contributed by atoms with Crippen LogP contribution < -0.4 is 10.9 Å². The summed E-state index contributed by atoms with van der Waals surface area (Å²) in [6.07, 6.45) is -3.41. The lowest BCUT2D eigenvalue weighted by Gasteiger charge is -2.12. The molecule has 0 aliphatic carbocycles. The minimum absolute atomic E-state index is 0.178. The SMILES string of the molecule is O=C(Cc1ccc(Cl)c(C(F)(F)F)c1)Nc1cccc2c(=O)[nH]ccc12. The van der Waals surface area contributed by atoms with Crippen LogP contribution in [0.4, 0.5) is 18.9 Å². The average Bonchev–Trinajstić information content (AvgIpc) is 2.56. The number of halogens is 4. The zero-order chi connectivity index (χ0) is 18.9. The molecular formula is C18H12ClF3N2O2. The summed E-state index contributed by atoms with van der Waals surface area (Å²) in [5.74, 6) is -0.506. The van der Waals surface area contributed by atoms with E-state index in [0.717, 1.165) is 12.1 Å². The van der Waals surface area contributed by atoms with Gasteiger partial charge < -0.3 is 10.3 Å². The number of hydrogen-bond acceptors (Lipinski definition) is 2. The Kier molecular flexibility index (Phi) is 4.73. The van der Waals surface area contributed by atoms with Gasteiger partial charge >= 0.3 is 6.18 Å². The van der Waals surface area contributed by atoms with E-state index in [1.165, 1.54) is 12.3 Å². The van der Waals surface area contributed by atoms with Gasteiger partial charge in [0.1, 0.15) is 0 Å². The number of carbonyl (C=O) groups is 1. The summed E-state index contributed by atoms with van der Waals surface area (Å²) in [5.41, 5.74) is -0.701. The quantitative estimate of drug-likeness (QED) is 0.708. The van der Waals surface area contributed by atoms with Gasteiger partial charge in [0, 0.05) is 22.7 Å². The molecule has 1 aromatic heterocycles. The number of pyridine rings is 1. The van der Waals surface area contributed by atoms with Gasteiger partial charge in [-0.05, 0) is 35.9 Å². The van der Waals surface area contributed by atoms with E-state index in [1.807, 2.05) is 0 Å². The summed E-state index contributed by atoms with van der Waals surface area (Å²) >= 11 is 5.57. The normalized spacial score (nSPS) is 11.5. The van der Waals surface area contributed by atoms with Crippen molar-refractivity contribution in [1.29, 1.82) is 0 Å². The molecule has 2 N–H and O–H groups in total. The summed E-state index contributed by atoms with van der Waals surface area (Å²) < 4.78 is 38.7. The molecule has 0 spiro atoms. The molecule has 0 atom stereocenters. The highest BCUT2D eigenvalue weighted by atomic mass is 35.5. The first-order valence-electron chi connectivity index (χ1n) is 7.51. The summed E-state index contributed by atoms with van der Waals surface area (Å²) in [7, 11) is 0. The van der Waals surface area contributed by atoms with Gasteiger partial charge in [0.05, 0.1) is 17.0 Å². The number of nitrogens with one attached hydrogen (secondary N) is 2. The molecule has 0 radical (unpaired) electrons. The Hall–Kier alpha value is -2.80. The number of alkyl halides is 3. The Morgan fingerprint density at radius 1 is 1.12 bits per heavy atom. The first kappa shape index (κ1) is 18.0. The van der Waals surface area contributed by atoms with E-state index in [-0.39, 0.29) is 17.5 Å².